The van der Waals surface area contributed by atoms with Gasteiger partial charge in [-0.1, -0.05) is 6.92 Å². The highest BCUT2D eigenvalue weighted by molar-refractivity contribution is 5.46. The van der Waals surface area contributed by atoms with Crippen LogP contribution in [0.25, 0.3) is 0 Å². The van der Waals surface area contributed by atoms with E-state index >= 15 is 0 Å². The van der Waals surface area contributed by atoms with E-state index in [4.69, 9.17) is 4.74 Å². The van der Waals surface area contributed by atoms with Crippen LogP contribution in [0.4, 0.5) is 10.1 Å². The molecule has 0 aliphatic carbocycles. The van der Waals surface area contributed by atoms with Crippen LogP contribution in [-0.2, 0) is 4.74 Å². The summed E-state index contributed by atoms with van der Waals surface area (Å²) in [5.41, 5.74) is 1.08. The van der Waals surface area contributed by atoms with Crippen molar-refractivity contribution in [3.63, 3.8) is 0 Å². The molecule has 1 aromatic rings. The molecule has 1 aromatic carbocycles. The quantitative estimate of drug-likeness (QED) is 0.831. The number of likely N-dealkylation sites (N-methyl/N-ethyl adjacent to an activating group) is 2. The number of nitrogens with zero attached hydrogens (tertiary/aromatic N) is 1. The van der Waals surface area contributed by atoms with Crippen molar-refractivity contribution in [2.45, 2.75) is 26.3 Å². The highest BCUT2D eigenvalue weighted by atomic mass is 19.1. The maximum Gasteiger partial charge on any atom is 0.123 e. The Labute approximate surface area is 121 Å². The van der Waals surface area contributed by atoms with Crippen molar-refractivity contribution in [1.29, 1.82) is 0 Å². The van der Waals surface area contributed by atoms with Gasteiger partial charge in [-0.3, -0.25) is 0 Å². The SMILES string of the molecule is CCNC(CN(CC)c1ccc(F)cc1)C1CCOC1. The van der Waals surface area contributed by atoms with Crippen molar-refractivity contribution >= 4 is 5.69 Å². The van der Waals surface area contributed by atoms with Crippen molar-refractivity contribution in [1.82, 2.24) is 5.32 Å². The molecule has 0 bridgehead atoms. The topological polar surface area (TPSA) is 24.5 Å². The van der Waals surface area contributed by atoms with Crippen LogP contribution in [0.1, 0.15) is 20.3 Å². The number of hydrogen-bond donors (Lipinski definition) is 1. The third-order valence-corrected chi connectivity index (χ3v) is 3.99. The first kappa shape index (κ1) is 15.3. The van der Waals surface area contributed by atoms with Gasteiger partial charge in [0, 0.05) is 37.3 Å². The van der Waals surface area contributed by atoms with Crippen molar-refractivity contribution in [2.24, 2.45) is 5.92 Å². The standard InChI is InChI=1S/C16H25FN2O/c1-3-18-16(13-9-10-20-12-13)11-19(4-2)15-7-5-14(17)6-8-15/h5-8,13,16,18H,3-4,9-12H2,1-2H3. The minimum Gasteiger partial charge on any atom is -0.381 e. The van der Waals surface area contributed by atoms with E-state index in [9.17, 15) is 4.39 Å². The molecule has 1 fully saturated rings. The molecule has 0 aromatic heterocycles. The molecule has 2 atom stereocenters. The average Bonchev–Trinajstić information content (AvgIpc) is 2.99. The smallest absolute Gasteiger partial charge is 0.123 e. The largest absolute Gasteiger partial charge is 0.381 e. The minimum atomic E-state index is -0.183. The minimum absolute atomic E-state index is 0.183. The summed E-state index contributed by atoms with van der Waals surface area (Å²) in [5, 5.41) is 3.57. The summed E-state index contributed by atoms with van der Waals surface area (Å²) in [6, 6.07) is 7.19. The zero-order valence-corrected chi connectivity index (χ0v) is 12.4. The third-order valence-electron chi connectivity index (χ3n) is 3.99. The van der Waals surface area contributed by atoms with Crippen LogP contribution >= 0.6 is 0 Å². The van der Waals surface area contributed by atoms with Crippen LogP contribution in [0, 0.1) is 11.7 Å². The van der Waals surface area contributed by atoms with E-state index in [1.807, 2.05) is 12.1 Å². The molecule has 1 aliphatic heterocycles. The van der Waals surface area contributed by atoms with E-state index in [-0.39, 0.29) is 5.82 Å². The predicted molar refractivity (Wildman–Crippen MR) is 80.7 cm³/mol. The highest BCUT2D eigenvalue weighted by Crippen LogP contribution is 2.21. The predicted octanol–water partition coefficient (Wildman–Crippen LogP) is 2.67. The van der Waals surface area contributed by atoms with Crippen LogP contribution in [0.15, 0.2) is 24.3 Å². The van der Waals surface area contributed by atoms with Gasteiger partial charge in [0.2, 0.25) is 0 Å². The average molecular weight is 280 g/mol. The van der Waals surface area contributed by atoms with Gasteiger partial charge >= 0.3 is 0 Å². The van der Waals surface area contributed by atoms with E-state index < -0.39 is 0 Å². The second-order valence-corrected chi connectivity index (χ2v) is 5.30. The van der Waals surface area contributed by atoms with Crippen LogP contribution in [-0.4, -0.2) is 38.9 Å². The molecule has 4 heteroatoms. The molecule has 0 amide bonds. The van der Waals surface area contributed by atoms with Crippen molar-refractivity contribution < 1.29 is 9.13 Å². The van der Waals surface area contributed by atoms with Gasteiger partial charge in [-0.15, -0.1) is 0 Å². The van der Waals surface area contributed by atoms with E-state index in [0.717, 1.165) is 45.0 Å². The summed E-state index contributed by atoms with van der Waals surface area (Å²) >= 11 is 0. The number of rotatable bonds is 7. The summed E-state index contributed by atoms with van der Waals surface area (Å²) in [6.45, 7) is 8.80. The fraction of sp³-hybridized carbons (Fsp3) is 0.625. The Hall–Kier alpha value is -1.13. The Morgan fingerprint density at radius 1 is 1.35 bits per heavy atom. The number of hydrogen-bond acceptors (Lipinski definition) is 3. The van der Waals surface area contributed by atoms with Gasteiger partial charge in [0.05, 0.1) is 6.61 Å². The van der Waals surface area contributed by atoms with Gasteiger partial charge < -0.3 is 15.0 Å². The summed E-state index contributed by atoms with van der Waals surface area (Å²) in [6.07, 6.45) is 1.12. The lowest BCUT2D eigenvalue weighted by atomic mass is 9.98. The molecule has 1 N–H and O–H groups in total. The lowest BCUT2D eigenvalue weighted by Gasteiger charge is -2.31. The second kappa shape index (κ2) is 7.60. The molecule has 1 saturated heterocycles. The lowest BCUT2D eigenvalue weighted by Crippen LogP contribution is -2.46. The van der Waals surface area contributed by atoms with E-state index in [2.05, 4.69) is 24.1 Å². The fourth-order valence-corrected chi connectivity index (χ4v) is 2.82. The van der Waals surface area contributed by atoms with Crippen LogP contribution in [0.2, 0.25) is 0 Å². The number of halogens is 1. The molecule has 0 saturated carbocycles. The molecule has 112 valence electrons. The van der Waals surface area contributed by atoms with Gasteiger partial charge in [-0.25, -0.2) is 4.39 Å². The Morgan fingerprint density at radius 3 is 2.65 bits per heavy atom. The number of benzene rings is 1. The summed E-state index contributed by atoms with van der Waals surface area (Å²) in [7, 11) is 0. The van der Waals surface area contributed by atoms with Gasteiger partial charge in [-0.05, 0) is 44.2 Å². The van der Waals surface area contributed by atoms with Gasteiger partial charge in [0.1, 0.15) is 5.82 Å². The van der Waals surface area contributed by atoms with Crippen LogP contribution in [0.5, 0.6) is 0 Å². The second-order valence-electron chi connectivity index (χ2n) is 5.30. The number of anilines is 1. The summed E-state index contributed by atoms with van der Waals surface area (Å²) in [4.78, 5) is 2.30. The first-order valence-corrected chi connectivity index (χ1v) is 7.56. The lowest BCUT2D eigenvalue weighted by molar-refractivity contribution is 0.177. The van der Waals surface area contributed by atoms with Gasteiger partial charge in [0.25, 0.3) is 0 Å². The molecule has 20 heavy (non-hydrogen) atoms. The first-order valence-electron chi connectivity index (χ1n) is 7.56. The molecule has 2 rings (SSSR count). The number of ether oxygens (including phenoxy) is 1. The first-order chi connectivity index (χ1) is 9.74. The van der Waals surface area contributed by atoms with Crippen LogP contribution < -0.4 is 10.2 Å². The third kappa shape index (κ3) is 3.93. The maximum atomic E-state index is 13.0. The van der Waals surface area contributed by atoms with Crippen molar-refractivity contribution in [3.05, 3.63) is 30.1 Å². The number of nitrogens with one attached hydrogen (secondary N) is 1. The van der Waals surface area contributed by atoms with Crippen molar-refractivity contribution in [2.75, 3.05) is 37.7 Å². The normalized spacial score (nSPS) is 20.1. The zero-order valence-electron chi connectivity index (χ0n) is 12.4. The van der Waals surface area contributed by atoms with E-state index in [1.165, 1.54) is 12.1 Å². The molecule has 0 radical (unpaired) electrons. The molecule has 2 unspecified atom stereocenters. The fourth-order valence-electron chi connectivity index (χ4n) is 2.82. The Kier molecular flexibility index (Phi) is 5.80. The zero-order chi connectivity index (χ0) is 14.4. The maximum absolute atomic E-state index is 13.0. The Morgan fingerprint density at radius 2 is 2.10 bits per heavy atom. The van der Waals surface area contributed by atoms with Gasteiger partial charge in [0.15, 0.2) is 0 Å². The molecule has 1 heterocycles. The molecular weight excluding hydrogens is 255 g/mol. The Balaban J connectivity index is 2.03. The molecular formula is C16H25FN2O. The van der Waals surface area contributed by atoms with Crippen molar-refractivity contribution in [3.8, 4) is 0 Å². The highest BCUT2D eigenvalue weighted by Gasteiger charge is 2.26. The van der Waals surface area contributed by atoms with Crippen LogP contribution in [0.3, 0.4) is 0 Å². The summed E-state index contributed by atoms with van der Waals surface area (Å²) in [5.74, 6) is 0.390. The molecule has 3 nitrogen and oxygen atoms in total. The molecule has 1 aliphatic rings. The van der Waals surface area contributed by atoms with Gasteiger partial charge in [-0.2, -0.15) is 0 Å². The summed E-state index contributed by atoms with van der Waals surface area (Å²) < 4.78 is 18.5. The van der Waals surface area contributed by atoms with E-state index in [1.54, 1.807) is 0 Å². The van der Waals surface area contributed by atoms with E-state index in [0.29, 0.717) is 12.0 Å². The Bertz CT molecular complexity index is 390. The monoisotopic (exact) mass is 280 g/mol. The molecule has 0 spiro atoms.